The monoisotopic (exact) mass is 283 g/mol. The van der Waals surface area contributed by atoms with Gasteiger partial charge in [0.1, 0.15) is 5.54 Å². The Bertz CT molecular complexity index is 342. The summed E-state index contributed by atoms with van der Waals surface area (Å²) in [5.74, 6) is -0.833. The predicted molar refractivity (Wildman–Crippen MR) is 79.7 cm³/mol. The summed E-state index contributed by atoms with van der Waals surface area (Å²) < 4.78 is 0. The second-order valence-electron chi connectivity index (χ2n) is 6.54. The molecule has 0 aromatic rings. The first-order valence-electron chi connectivity index (χ1n) is 7.96. The highest BCUT2D eigenvalue weighted by Crippen LogP contribution is 2.30. The van der Waals surface area contributed by atoms with Gasteiger partial charge in [0.2, 0.25) is 0 Å². The SMILES string of the molecule is CCC(C)N1CCN(C2CCCC(N)(C(=O)O)C2)CC1. The van der Waals surface area contributed by atoms with E-state index in [1.54, 1.807) is 0 Å². The molecule has 1 saturated carbocycles. The zero-order chi connectivity index (χ0) is 14.8. The van der Waals surface area contributed by atoms with Gasteiger partial charge in [-0.1, -0.05) is 6.92 Å². The van der Waals surface area contributed by atoms with Crippen LogP contribution in [-0.4, -0.2) is 64.7 Å². The summed E-state index contributed by atoms with van der Waals surface area (Å²) >= 11 is 0. The normalized spacial score (nSPS) is 34.9. The average Bonchev–Trinajstić information content (AvgIpc) is 2.46. The lowest BCUT2D eigenvalue weighted by Crippen LogP contribution is -2.59. The topological polar surface area (TPSA) is 69.8 Å². The van der Waals surface area contributed by atoms with Crippen molar-refractivity contribution in [3.63, 3.8) is 0 Å². The van der Waals surface area contributed by atoms with Crippen LogP contribution in [0.1, 0.15) is 46.0 Å². The average molecular weight is 283 g/mol. The molecule has 5 heteroatoms. The highest BCUT2D eigenvalue weighted by atomic mass is 16.4. The van der Waals surface area contributed by atoms with Crippen molar-refractivity contribution in [3.8, 4) is 0 Å². The maximum absolute atomic E-state index is 11.3. The van der Waals surface area contributed by atoms with E-state index >= 15 is 0 Å². The van der Waals surface area contributed by atoms with Crippen molar-refractivity contribution in [1.82, 2.24) is 9.80 Å². The Kier molecular flexibility index (Phi) is 5.04. The van der Waals surface area contributed by atoms with Gasteiger partial charge in [-0.2, -0.15) is 0 Å². The third-order valence-electron chi connectivity index (χ3n) is 5.27. The van der Waals surface area contributed by atoms with Crippen LogP contribution in [0.15, 0.2) is 0 Å². The minimum absolute atomic E-state index is 0.351. The Hall–Kier alpha value is -0.650. The molecule has 1 aliphatic carbocycles. The lowest BCUT2D eigenvalue weighted by atomic mass is 9.79. The van der Waals surface area contributed by atoms with E-state index in [4.69, 9.17) is 5.73 Å². The Morgan fingerprint density at radius 3 is 2.60 bits per heavy atom. The second-order valence-corrected chi connectivity index (χ2v) is 6.54. The van der Waals surface area contributed by atoms with E-state index in [2.05, 4.69) is 23.6 Å². The number of nitrogens with two attached hydrogens (primary N) is 1. The van der Waals surface area contributed by atoms with Crippen molar-refractivity contribution in [2.75, 3.05) is 26.2 Å². The third-order valence-corrected chi connectivity index (χ3v) is 5.27. The first-order chi connectivity index (χ1) is 9.46. The van der Waals surface area contributed by atoms with Gasteiger partial charge in [-0.3, -0.25) is 14.6 Å². The lowest BCUT2D eigenvalue weighted by molar-refractivity contribution is -0.145. The van der Waals surface area contributed by atoms with E-state index < -0.39 is 11.5 Å². The maximum atomic E-state index is 11.3. The van der Waals surface area contributed by atoms with Crippen molar-refractivity contribution < 1.29 is 9.90 Å². The predicted octanol–water partition coefficient (Wildman–Crippen LogP) is 1.13. The van der Waals surface area contributed by atoms with Crippen LogP contribution in [0.25, 0.3) is 0 Å². The van der Waals surface area contributed by atoms with Gasteiger partial charge in [-0.05, 0) is 39.0 Å². The molecule has 2 aliphatic rings. The van der Waals surface area contributed by atoms with Crippen molar-refractivity contribution >= 4 is 5.97 Å². The molecule has 1 saturated heterocycles. The lowest BCUT2D eigenvalue weighted by Gasteiger charge is -2.45. The molecule has 0 aromatic heterocycles. The molecule has 1 heterocycles. The number of carboxylic acids is 1. The molecule has 1 aliphatic heterocycles. The molecule has 3 N–H and O–H groups in total. The number of hydrogen-bond donors (Lipinski definition) is 2. The van der Waals surface area contributed by atoms with Gasteiger partial charge in [-0.25, -0.2) is 0 Å². The molecule has 116 valence electrons. The van der Waals surface area contributed by atoms with Crippen molar-refractivity contribution in [2.45, 2.75) is 63.6 Å². The highest BCUT2D eigenvalue weighted by Gasteiger charge is 2.41. The van der Waals surface area contributed by atoms with Crippen molar-refractivity contribution in [1.29, 1.82) is 0 Å². The van der Waals surface area contributed by atoms with Gasteiger partial charge in [0, 0.05) is 38.3 Å². The highest BCUT2D eigenvalue weighted by molar-refractivity contribution is 5.78. The van der Waals surface area contributed by atoms with Gasteiger partial charge in [0.15, 0.2) is 0 Å². The van der Waals surface area contributed by atoms with E-state index in [0.29, 0.717) is 24.9 Å². The fourth-order valence-electron chi connectivity index (χ4n) is 3.59. The molecule has 3 atom stereocenters. The van der Waals surface area contributed by atoms with Crippen molar-refractivity contribution in [2.24, 2.45) is 5.73 Å². The van der Waals surface area contributed by atoms with Crippen LogP contribution in [0.3, 0.4) is 0 Å². The molecule has 2 fully saturated rings. The summed E-state index contributed by atoms with van der Waals surface area (Å²) in [7, 11) is 0. The second kappa shape index (κ2) is 6.41. The molecule has 5 nitrogen and oxygen atoms in total. The maximum Gasteiger partial charge on any atom is 0.323 e. The van der Waals surface area contributed by atoms with E-state index in [9.17, 15) is 9.90 Å². The Morgan fingerprint density at radius 2 is 2.05 bits per heavy atom. The molecule has 2 rings (SSSR count). The fraction of sp³-hybridized carbons (Fsp3) is 0.933. The van der Waals surface area contributed by atoms with E-state index in [-0.39, 0.29) is 0 Å². The Labute approximate surface area is 122 Å². The molecular weight excluding hydrogens is 254 g/mol. The molecule has 3 unspecified atom stereocenters. The Balaban J connectivity index is 1.89. The molecule has 0 radical (unpaired) electrons. The molecule has 0 amide bonds. The third kappa shape index (κ3) is 3.32. The largest absolute Gasteiger partial charge is 0.480 e. The van der Waals surface area contributed by atoms with Gasteiger partial charge in [0.25, 0.3) is 0 Å². The molecular formula is C15H29N3O2. The van der Waals surface area contributed by atoms with Gasteiger partial charge < -0.3 is 10.8 Å². The summed E-state index contributed by atoms with van der Waals surface area (Å²) in [5.41, 5.74) is 5.06. The molecule has 0 bridgehead atoms. The van der Waals surface area contributed by atoms with Crippen molar-refractivity contribution in [3.05, 3.63) is 0 Å². The van der Waals surface area contributed by atoms with Gasteiger partial charge >= 0.3 is 5.97 Å². The standard InChI is InChI=1S/C15H29N3O2/c1-3-12(2)17-7-9-18(10-8-17)13-5-4-6-15(16,11-13)14(19)20/h12-13H,3-11,16H2,1-2H3,(H,19,20). The van der Waals surface area contributed by atoms with E-state index in [1.807, 2.05) is 0 Å². The number of aliphatic carboxylic acids is 1. The molecule has 0 spiro atoms. The zero-order valence-corrected chi connectivity index (χ0v) is 12.8. The van der Waals surface area contributed by atoms with Crippen LogP contribution in [0.2, 0.25) is 0 Å². The van der Waals surface area contributed by atoms with Gasteiger partial charge in [0.05, 0.1) is 0 Å². The number of carboxylic acid groups (broad SMARTS) is 1. The fourth-order valence-corrected chi connectivity index (χ4v) is 3.59. The molecule has 0 aromatic carbocycles. The number of piperazine rings is 1. The van der Waals surface area contributed by atoms with Gasteiger partial charge in [-0.15, -0.1) is 0 Å². The van der Waals surface area contributed by atoms with E-state index in [0.717, 1.165) is 39.0 Å². The van der Waals surface area contributed by atoms with Crippen LogP contribution >= 0.6 is 0 Å². The first kappa shape index (κ1) is 15.7. The summed E-state index contributed by atoms with van der Waals surface area (Å²) in [4.78, 5) is 16.3. The quantitative estimate of drug-likeness (QED) is 0.809. The van der Waals surface area contributed by atoms with Crippen LogP contribution in [-0.2, 0) is 4.79 Å². The van der Waals surface area contributed by atoms with E-state index in [1.165, 1.54) is 6.42 Å². The summed E-state index contributed by atoms with van der Waals surface area (Å²) in [5, 5.41) is 9.31. The summed E-state index contributed by atoms with van der Waals surface area (Å²) in [6, 6.07) is 1.00. The minimum atomic E-state index is -1.00. The van der Waals surface area contributed by atoms with Crippen LogP contribution in [0.5, 0.6) is 0 Å². The smallest absolute Gasteiger partial charge is 0.323 e. The minimum Gasteiger partial charge on any atom is -0.480 e. The Morgan fingerprint density at radius 1 is 1.40 bits per heavy atom. The molecule has 20 heavy (non-hydrogen) atoms. The number of rotatable bonds is 4. The number of carbonyl (C=O) groups is 1. The van der Waals surface area contributed by atoms with Crippen LogP contribution < -0.4 is 5.73 Å². The number of hydrogen-bond acceptors (Lipinski definition) is 4. The summed E-state index contributed by atoms with van der Waals surface area (Å²) in [6.45, 7) is 8.79. The zero-order valence-electron chi connectivity index (χ0n) is 12.8. The number of nitrogens with zero attached hydrogens (tertiary/aromatic N) is 2. The summed E-state index contributed by atoms with van der Waals surface area (Å²) in [6.07, 6.45) is 4.43. The van der Waals surface area contributed by atoms with Crippen LogP contribution in [0.4, 0.5) is 0 Å². The first-order valence-corrected chi connectivity index (χ1v) is 7.96. The van der Waals surface area contributed by atoms with Crippen LogP contribution in [0, 0.1) is 0 Å².